The molecule has 1 aliphatic rings. The Kier molecular flexibility index (Phi) is 3.41. The van der Waals surface area contributed by atoms with Gasteiger partial charge in [-0.1, -0.05) is 17.7 Å². The monoisotopic (exact) mass is 271 g/mol. The first-order valence-corrected chi connectivity index (χ1v) is 6.88. The van der Waals surface area contributed by atoms with Crippen LogP contribution in [0, 0.1) is 0 Å². The second-order valence-electron chi connectivity index (χ2n) is 4.97. The number of rotatable bonds is 5. The lowest BCUT2D eigenvalue weighted by atomic mass is 10.2. The summed E-state index contributed by atoms with van der Waals surface area (Å²) in [7, 11) is 0. The fourth-order valence-corrected chi connectivity index (χ4v) is 2.63. The molecule has 0 aromatic carbocycles. The summed E-state index contributed by atoms with van der Waals surface area (Å²) in [6.45, 7) is 0.718. The van der Waals surface area contributed by atoms with Gasteiger partial charge in [0, 0.05) is 12.7 Å². The van der Waals surface area contributed by atoms with Gasteiger partial charge in [0.2, 0.25) is 0 Å². The van der Waals surface area contributed by atoms with Gasteiger partial charge >= 0.3 is 5.97 Å². The van der Waals surface area contributed by atoms with Gasteiger partial charge in [0.05, 0.1) is 0 Å². The van der Waals surface area contributed by atoms with Crippen LogP contribution in [0.5, 0.6) is 0 Å². The number of fused-ring (bicyclic) bond motifs is 1. The zero-order chi connectivity index (χ0) is 13.9. The zero-order valence-corrected chi connectivity index (χ0v) is 11.2. The molecule has 3 rings (SSSR count). The molecule has 2 heterocycles. The van der Waals surface area contributed by atoms with Crippen molar-refractivity contribution in [3.05, 3.63) is 41.7 Å². The molecule has 104 valence electrons. The first-order chi connectivity index (χ1) is 9.75. The van der Waals surface area contributed by atoms with Crippen LogP contribution < -0.4 is 5.32 Å². The molecule has 2 N–H and O–H groups in total. The van der Waals surface area contributed by atoms with Gasteiger partial charge < -0.3 is 10.4 Å². The van der Waals surface area contributed by atoms with Gasteiger partial charge in [0.25, 0.3) is 0 Å². The van der Waals surface area contributed by atoms with Crippen LogP contribution in [0.3, 0.4) is 0 Å². The Morgan fingerprint density at radius 3 is 3.10 bits per heavy atom. The average Bonchev–Trinajstić information content (AvgIpc) is 3.05. The number of aromatic carboxylic acids is 1. The Bertz CT molecular complexity index is 673. The van der Waals surface area contributed by atoms with Gasteiger partial charge in [-0.15, -0.1) is 0 Å². The van der Waals surface area contributed by atoms with Crippen molar-refractivity contribution in [1.82, 2.24) is 9.38 Å². The topological polar surface area (TPSA) is 66.6 Å². The fraction of sp³-hybridized carbons (Fsp3) is 0.333. The third-order valence-electron chi connectivity index (χ3n) is 3.61. The first-order valence-electron chi connectivity index (χ1n) is 6.88. The molecular weight excluding hydrogens is 254 g/mol. The molecule has 0 spiro atoms. The minimum absolute atomic E-state index is 0.195. The van der Waals surface area contributed by atoms with Crippen molar-refractivity contribution < 1.29 is 9.90 Å². The van der Waals surface area contributed by atoms with E-state index in [1.165, 1.54) is 24.8 Å². The molecule has 0 saturated heterocycles. The third-order valence-corrected chi connectivity index (χ3v) is 3.61. The molecule has 0 aliphatic heterocycles. The van der Waals surface area contributed by atoms with E-state index in [1.807, 2.05) is 6.07 Å². The predicted molar refractivity (Wildman–Crippen MR) is 77.2 cm³/mol. The van der Waals surface area contributed by atoms with E-state index in [4.69, 9.17) is 0 Å². The molecule has 0 unspecified atom stereocenters. The molecular formula is C15H17N3O2. The van der Waals surface area contributed by atoms with Crippen LogP contribution in [0.15, 0.2) is 36.0 Å². The number of nitrogens with one attached hydrogen (secondary N) is 1. The van der Waals surface area contributed by atoms with Crippen LogP contribution in [0.25, 0.3) is 5.65 Å². The molecule has 2 aromatic rings. The largest absolute Gasteiger partial charge is 0.476 e. The number of hydrogen-bond donors (Lipinski definition) is 2. The standard InChI is InChI=1S/C15H17N3O2/c19-15(20)13-14(16-9-8-11-5-1-2-6-11)17-12-7-3-4-10-18(12)13/h3-5,7,10,16H,1-2,6,8-9H2,(H,19,20). The number of pyridine rings is 1. The maximum Gasteiger partial charge on any atom is 0.356 e. The molecule has 5 nitrogen and oxygen atoms in total. The van der Waals surface area contributed by atoms with E-state index in [9.17, 15) is 9.90 Å². The number of carboxylic acid groups (broad SMARTS) is 1. The normalized spacial score (nSPS) is 14.5. The fourth-order valence-electron chi connectivity index (χ4n) is 2.63. The van der Waals surface area contributed by atoms with Crippen LogP contribution in [-0.4, -0.2) is 27.0 Å². The molecule has 5 heteroatoms. The van der Waals surface area contributed by atoms with Crippen molar-refractivity contribution in [3.8, 4) is 0 Å². The van der Waals surface area contributed by atoms with Gasteiger partial charge in [-0.2, -0.15) is 0 Å². The van der Waals surface area contributed by atoms with Crippen LogP contribution in [0.4, 0.5) is 5.82 Å². The van der Waals surface area contributed by atoms with Crippen molar-refractivity contribution in [2.24, 2.45) is 0 Å². The Morgan fingerprint density at radius 2 is 2.35 bits per heavy atom. The van der Waals surface area contributed by atoms with Gasteiger partial charge in [-0.3, -0.25) is 4.40 Å². The Hall–Kier alpha value is -2.30. The molecule has 0 fully saturated rings. The lowest BCUT2D eigenvalue weighted by molar-refractivity contribution is 0.0690. The summed E-state index contributed by atoms with van der Waals surface area (Å²) in [4.78, 5) is 15.8. The second kappa shape index (κ2) is 5.36. The van der Waals surface area contributed by atoms with Gasteiger partial charge in [-0.25, -0.2) is 9.78 Å². The van der Waals surface area contributed by atoms with Gasteiger partial charge in [0.15, 0.2) is 11.5 Å². The second-order valence-corrected chi connectivity index (χ2v) is 4.97. The number of aromatic nitrogens is 2. The molecule has 20 heavy (non-hydrogen) atoms. The molecule has 0 saturated carbocycles. The number of imidazole rings is 1. The smallest absolute Gasteiger partial charge is 0.356 e. The molecule has 0 radical (unpaired) electrons. The van der Waals surface area contributed by atoms with E-state index in [1.54, 1.807) is 22.7 Å². The van der Waals surface area contributed by atoms with E-state index in [2.05, 4.69) is 16.4 Å². The number of carbonyl (C=O) groups is 1. The Balaban J connectivity index is 1.79. The Labute approximate surface area is 116 Å². The summed E-state index contributed by atoms with van der Waals surface area (Å²) in [5, 5.41) is 12.5. The minimum Gasteiger partial charge on any atom is -0.476 e. The lowest BCUT2D eigenvalue weighted by Gasteiger charge is -2.05. The summed E-state index contributed by atoms with van der Waals surface area (Å²) in [5.74, 6) is -0.520. The van der Waals surface area contributed by atoms with Crippen molar-refractivity contribution in [2.75, 3.05) is 11.9 Å². The van der Waals surface area contributed by atoms with Crippen molar-refractivity contribution in [2.45, 2.75) is 25.7 Å². The van der Waals surface area contributed by atoms with E-state index >= 15 is 0 Å². The van der Waals surface area contributed by atoms with Crippen LogP contribution in [0.2, 0.25) is 0 Å². The van der Waals surface area contributed by atoms with E-state index < -0.39 is 5.97 Å². The zero-order valence-electron chi connectivity index (χ0n) is 11.2. The number of hydrogen-bond acceptors (Lipinski definition) is 3. The highest BCUT2D eigenvalue weighted by atomic mass is 16.4. The average molecular weight is 271 g/mol. The van der Waals surface area contributed by atoms with Crippen molar-refractivity contribution in [3.63, 3.8) is 0 Å². The van der Waals surface area contributed by atoms with Crippen molar-refractivity contribution in [1.29, 1.82) is 0 Å². The summed E-state index contributed by atoms with van der Waals surface area (Å²) in [5.41, 5.74) is 2.30. The maximum absolute atomic E-state index is 11.4. The highest BCUT2D eigenvalue weighted by molar-refractivity contribution is 5.92. The highest BCUT2D eigenvalue weighted by Crippen LogP contribution is 2.22. The van der Waals surface area contributed by atoms with Gasteiger partial charge in [-0.05, 0) is 37.8 Å². The summed E-state index contributed by atoms with van der Waals surface area (Å²) in [6.07, 6.45) is 8.53. The summed E-state index contributed by atoms with van der Waals surface area (Å²) >= 11 is 0. The van der Waals surface area contributed by atoms with Crippen LogP contribution in [0.1, 0.15) is 36.2 Å². The van der Waals surface area contributed by atoms with Crippen LogP contribution in [-0.2, 0) is 0 Å². The third kappa shape index (κ3) is 2.39. The molecule has 1 aliphatic carbocycles. The molecule has 0 atom stereocenters. The first kappa shape index (κ1) is 12.7. The lowest BCUT2D eigenvalue weighted by Crippen LogP contribution is -2.09. The minimum atomic E-state index is -0.966. The maximum atomic E-state index is 11.4. The van der Waals surface area contributed by atoms with E-state index in [0.29, 0.717) is 11.5 Å². The van der Waals surface area contributed by atoms with Crippen molar-refractivity contribution >= 4 is 17.4 Å². The number of nitrogens with zero attached hydrogens (tertiary/aromatic N) is 2. The quantitative estimate of drug-likeness (QED) is 0.820. The van der Waals surface area contributed by atoms with Crippen LogP contribution >= 0.6 is 0 Å². The van der Waals surface area contributed by atoms with Gasteiger partial charge in [0.1, 0.15) is 5.65 Å². The number of allylic oxidation sites excluding steroid dienone is 1. The number of anilines is 1. The number of carboxylic acids is 1. The molecule has 2 aromatic heterocycles. The Morgan fingerprint density at radius 1 is 1.45 bits per heavy atom. The van der Waals surface area contributed by atoms with E-state index in [-0.39, 0.29) is 5.69 Å². The molecule has 0 amide bonds. The SMILES string of the molecule is O=C(O)c1c(NCCC2=CCCC2)nc2ccccn12. The predicted octanol–water partition coefficient (Wildman–Crippen LogP) is 2.94. The highest BCUT2D eigenvalue weighted by Gasteiger charge is 2.18. The summed E-state index contributed by atoms with van der Waals surface area (Å²) in [6, 6.07) is 5.45. The molecule has 0 bridgehead atoms. The summed E-state index contributed by atoms with van der Waals surface area (Å²) < 4.78 is 1.60. The van der Waals surface area contributed by atoms with E-state index in [0.717, 1.165) is 13.0 Å².